The SMILES string of the molecule is CCOc1ccc(Br)cc1C(=O)Nc1ccc(C(=O)NCCOC)cc1. The van der Waals surface area contributed by atoms with Crippen molar-refractivity contribution in [2.24, 2.45) is 0 Å². The van der Waals surface area contributed by atoms with E-state index in [0.29, 0.717) is 42.3 Å². The van der Waals surface area contributed by atoms with Crippen molar-refractivity contribution < 1.29 is 19.1 Å². The van der Waals surface area contributed by atoms with Gasteiger partial charge in [0.15, 0.2) is 0 Å². The Labute approximate surface area is 161 Å². The Morgan fingerprint density at radius 2 is 1.81 bits per heavy atom. The number of amides is 2. The molecule has 0 aliphatic heterocycles. The van der Waals surface area contributed by atoms with Crippen LogP contribution in [0.5, 0.6) is 5.75 Å². The maximum absolute atomic E-state index is 12.6. The van der Waals surface area contributed by atoms with Crippen molar-refractivity contribution in [3.63, 3.8) is 0 Å². The lowest BCUT2D eigenvalue weighted by Gasteiger charge is -2.11. The summed E-state index contributed by atoms with van der Waals surface area (Å²) in [4.78, 5) is 24.5. The smallest absolute Gasteiger partial charge is 0.259 e. The second kappa shape index (κ2) is 9.94. The lowest BCUT2D eigenvalue weighted by atomic mass is 10.1. The maximum atomic E-state index is 12.6. The monoisotopic (exact) mass is 420 g/mol. The van der Waals surface area contributed by atoms with Crippen molar-refractivity contribution in [2.45, 2.75) is 6.92 Å². The van der Waals surface area contributed by atoms with Crippen LogP contribution in [-0.4, -0.2) is 38.7 Å². The van der Waals surface area contributed by atoms with Crippen molar-refractivity contribution in [2.75, 3.05) is 32.2 Å². The number of hydrogen-bond acceptors (Lipinski definition) is 4. The van der Waals surface area contributed by atoms with Gasteiger partial charge in [0, 0.05) is 29.4 Å². The minimum Gasteiger partial charge on any atom is -0.493 e. The fraction of sp³-hybridized carbons (Fsp3) is 0.263. The molecule has 0 radical (unpaired) electrons. The lowest BCUT2D eigenvalue weighted by molar-refractivity contribution is 0.0936. The minimum absolute atomic E-state index is 0.189. The molecule has 2 N–H and O–H groups in total. The molecule has 0 bridgehead atoms. The Morgan fingerprint density at radius 3 is 2.46 bits per heavy atom. The van der Waals surface area contributed by atoms with Gasteiger partial charge in [0.1, 0.15) is 5.75 Å². The number of rotatable bonds is 8. The van der Waals surface area contributed by atoms with Gasteiger partial charge in [-0.05, 0) is 49.4 Å². The molecular weight excluding hydrogens is 400 g/mol. The number of carbonyl (C=O) groups excluding carboxylic acids is 2. The van der Waals surface area contributed by atoms with Gasteiger partial charge in [0.2, 0.25) is 0 Å². The molecule has 2 rings (SSSR count). The summed E-state index contributed by atoms with van der Waals surface area (Å²) in [7, 11) is 1.58. The number of hydrogen-bond donors (Lipinski definition) is 2. The Kier molecular flexibility index (Phi) is 7.62. The van der Waals surface area contributed by atoms with Gasteiger partial charge in [0.25, 0.3) is 11.8 Å². The zero-order valence-electron chi connectivity index (χ0n) is 14.7. The molecule has 7 heteroatoms. The van der Waals surface area contributed by atoms with Crippen LogP contribution in [0.15, 0.2) is 46.9 Å². The minimum atomic E-state index is -0.285. The van der Waals surface area contributed by atoms with E-state index in [1.807, 2.05) is 13.0 Å². The normalized spacial score (nSPS) is 10.3. The quantitative estimate of drug-likeness (QED) is 0.640. The molecule has 0 aliphatic carbocycles. The Morgan fingerprint density at radius 1 is 1.08 bits per heavy atom. The third-order valence-electron chi connectivity index (χ3n) is 3.48. The number of anilines is 1. The third kappa shape index (κ3) is 5.57. The molecule has 0 heterocycles. The van der Waals surface area contributed by atoms with E-state index in [4.69, 9.17) is 9.47 Å². The average Bonchev–Trinajstić information content (AvgIpc) is 2.64. The van der Waals surface area contributed by atoms with Crippen molar-refractivity contribution >= 4 is 33.4 Å². The van der Waals surface area contributed by atoms with E-state index >= 15 is 0 Å². The molecule has 26 heavy (non-hydrogen) atoms. The first-order chi connectivity index (χ1) is 12.5. The summed E-state index contributed by atoms with van der Waals surface area (Å²) in [6, 6.07) is 11.9. The zero-order valence-corrected chi connectivity index (χ0v) is 16.3. The van der Waals surface area contributed by atoms with Gasteiger partial charge in [-0.2, -0.15) is 0 Å². The zero-order chi connectivity index (χ0) is 18.9. The topological polar surface area (TPSA) is 76.7 Å². The Hall–Kier alpha value is -2.38. The van der Waals surface area contributed by atoms with E-state index in [1.54, 1.807) is 43.5 Å². The molecule has 2 aromatic rings. The van der Waals surface area contributed by atoms with Crippen LogP contribution < -0.4 is 15.4 Å². The summed E-state index contributed by atoms with van der Waals surface area (Å²) < 4.78 is 11.2. The molecular formula is C19H21BrN2O4. The third-order valence-corrected chi connectivity index (χ3v) is 3.98. The van der Waals surface area contributed by atoms with Crippen LogP contribution in [0.2, 0.25) is 0 Å². The van der Waals surface area contributed by atoms with Crippen LogP contribution in [0.3, 0.4) is 0 Å². The van der Waals surface area contributed by atoms with Crippen molar-refractivity contribution in [3.8, 4) is 5.75 Å². The van der Waals surface area contributed by atoms with Crippen LogP contribution in [0.25, 0.3) is 0 Å². The van der Waals surface area contributed by atoms with Crippen molar-refractivity contribution in [3.05, 3.63) is 58.1 Å². The van der Waals surface area contributed by atoms with E-state index < -0.39 is 0 Å². The molecule has 0 aromatic heterocycles. The van der Waals surface area contributed by atoms with Gasteiger partial charge in [-0.15, -0.1) is 0 Å². The van der Waals surface area contributed by atoms with Crippen LogP contribution in [0, 0.1) is 0 Å². The largest absolute Gasteiger partial charge is 0.493 e. The number of nitrogens with one attached hydrogen (secondary N) is 2. The van der Waals surface area contributed by atoms with Crippen molar-refractivity contribution in [1.82, 2.24) is 5.32 Å². The predicted octanol–water partition coefficient (Wildman–Crippen LogP) is 3.48. The fourth-order valence-electron chi connectivity index (χ4n) is 2.23. The van der Waals surface area contributed by atoms with Crippen molar-refractivity contribution in [1.29, 1.82) is 0 Å². The number of ether oxygens (including phenoxy) is 2. The summed E-state index contributed by atoms with van der Waals surface area (Å²) in [6.45, 7) is 3.22. The fourth-order valence-corrected chi connectivity index (χ4v) is 2.59. The second-order valence-electron chi connectivity index (χ2n) is 5.35. The van der Waals surface area contributed by atoms with Crippen LogP contribution in [0.1, 0.15) is 27.6 Å². The standard InChI is InChI=1S/C19H21BrN2O4/c1-3-26-17-9-6-14(20)12-16(17)19(24)22-15-7-4-13(5-8-15)18(23)21-10-11-25-2/h4-9,12H,3,10-11H2,1-2H3,(H,21,23)(H,22,24). The molecule has 2 aromatic carbocycles. The average molecular weight is 421 g/mol. The van der Waals surface area contributed by atoms with Gasteiger partial charge in [0.05, 0.1) is 18.8 Å². The number of halogens is 1. The molecule has 0 unspecified atom stereocenters. The first kappa shape index (κ1) is 19.9. The molecule has 0 saturated heterocycles. The number of benzene rings is 2. The molecule has 6 nitrogen and oxygen atoms in total. The Balaban J connectivity index is 2.06. The van der Waals surface area contributed by atoms with Crippen LogP contribution in [-0.2, 0) is 4.74 Å². The first-order valence-electron chi connectivity index (χ1n) is 8.16. The summed E-state index contributed by atoms with van der Waals surface area (Å²) in [6.07, 6.45) is 0. The number of carbonyl (C=O) groups is 2. The molecule has 2 amide bonds. The highest BCUT2D eigenvalue weighted by atomic mass is 79.9. The first-order valence-corrected chi connectivity index (χ1v) is 8.95. The summed E-state index contributed by atoms with van der Waals surface area (Å²) >= 11 is 3.36. The lowest BCUT2D eigenvalue weighted by Crippen LogP contribution is -2.26. The number of methoxy groups -OCH3 is 1. The van der Waals surface area contributed by atoms with E-state index in [2.05, 4.69) is 26.6 Å². The van der Waals surface area contributed by atoms with E-state index in [9.17, 15) is 9.59 Å². The van der Waals surface area contributed by atoms with E-state index in [-0.39, 0.29) is 11.8 Å². The highest BCUT2D eigenvalue weighted by molar-refractivity contribution is 9.10. The molecule has 0 spiro atoms. The molecule has 0 saturated carbocycles. The summed E-state index contributed by atoms with van der Waals surface area (Å²) in [5, 5.41) is 5.55. The highest BCUT2D eigenvalue weighted by Crippen LogP contribution is 2.24. The molecule has 138 valence electrons. The van der Waals surface area contributed by atoms with Gasteiger partial charge in [-0.25, -0.2) is 0 Å². The molecule has 0 aliphatic rings. The van der Waals surface area contributed by atoms with Crippen LogP contribution >= 0.6 is 15.9 Å². The Bertz CT molecular complexity index is 763. The predicted molar refractivity (Wildman–Crippen MR) is 104 cm³/mol. The summed E-state index contributed by atoms with van der Waals surface area (Å²) in [5.74, 6) is 0.0416. The summed E-state index contributed by atoms with van der Waals surface area (Å²) in [5.41, 5.74) is 1.53. The van der Waals surface area contributed by atoms with Gasteiger partial charge < -0.3 is 20.1 Å². The van der Waals surface area contributed by atoms with E-state index in [1.165, 1.54) is 0 Å². The molecule has 0 atom stereocenters. The van der Waals surface area contributed by atoms with Crippen LogP contribution in [0.4, 0.5) is 5.69 Å². The van der Waals surface area contributed by atoms with Gasteiger partial charge in [-0.3, -0.25) is 9.59 Å². The van der Waals surface area contributed by atoms with Gasteiger partial charge >= 0.3 is 0 Å². The van der Waals surface area contributed by atoms with Gasteiger partial charge in [-0.1, -0.05) is 15.9 Å². The second-order valence-corrected chi connectivity index (χ2v) is 6.27. The maximum Gasteiger partial charge on any atom is 0.259 e. The highest BCUT2D eigenvalue weighted by Gasteiger charge is 2.14. The molecule has 0 fully saturated rings. The van der Waals surface area contributed by atoms with E-state index in [0.717, 1.165) is 4.47 Å².